The van der Waals surface area contributed by atoms with Crippen LogP contribution < -0.4 is 0 Å². The Morgan fingerprint density at radius 2 is 1.03 bits per heavy atom. The lowest BCUT2D eigenvalue weighted by molar-refractivity contribution is 0.221. The standard InChI is InChI=1S/C28H44N2O2/c1-19-13-21(25(31)23(15-19)27(3,4)5)17-30(12-11-29(9)10)18-22-14-20(2)16-24(26(22)32)28(6,7)8/h13-16,31-32H,11-12,17-18H2,1-10H3. The predicted molar refractivity (Wildman–Crippen MR) is 136 cm³/mol. The van der Waals surface area contributed by atoms with Crippen molar-refractivity contribution in [3.8, 4) is 11.5 Å². The minimum Gasteiger partial charge on any atom is -0.507 e. The van der Waals surface area contributed by atoms with Crippen LogP contribution >= 0.6 is 0 Å². The lowest BCUT2D eigenvalue weighted by atomic mass is 9.83. The molecule has 2 N–H and O–H groups in total. The number of aromatic hydroxyl groups is 2. The molecular formula is C28H44N2O2. The van der Waals surface area contributed by atoms with Gasteiger partial charge in [-0.05, 0) is 49.9 Å². The number of benzene rings is 2. The zero-order valence-electron chi connectivity index (χ0n) is 21.9. The molecular weight excluding hydrogens is 396 g/mol. The number of phenolic OH excluding ortho intramolecular Hbond substituents is 2. The maximum atomic E-state index is 11.1. The van der Waals surface area contributed by atoms with Gasteiger partial charge in [-0.3, -0.25) is 4.90 Å². The minimum absolute atomic E-state index is 0.129. The third kappa shape index (κ3) is 6.73. The van der Waals surface area contributed by atoms with E-state index < -0.39 is 0 Å². The molecule has 0 aliphatic carbocycles. The second kappa shape index (κ2) is 9.84. The maximum Gasteiger partial charge on any atom is 0.123 e. The Balaban J connectivity index is 2.46. The van der Waals surface area contributed by atoms with E-state index in [1.165, 1.54) is 0 Å². The summed E-state index contributed by atoms with van der Waals surface area (Å²) in [4.78, 5) is 4.49. The van der Waals surface area contributed by atoms with Crippen LogP contribution in [0.4, 0.5) is 0 Å². The monoisotopic (exact) mass is 440 g/mol. The Morgan fingerprint density at radius 3 is 1.34 bits per heavy atom. The van der Waals surface area contributed by atoms with Gasteiger partial charge in [-0.25, -0.2) is 0 Å². The molecule has 0 heterocycles. The molecule has 0 radical (unpaired) electrons. The molecule has 0 aliphatic heterocycles. The Labute approximate surface area is 195 Å². The summed E-state index contributed by atoms with van der Waals surface area (Å²) in [5.41, 5.74) is 5.90. The lowest BCUT2D eigenvalue weighted by Crippen LogP contribution is -2.31. The van der Waals surface area contributed by atoms with E-state index in [4.69, 9.17) is 0 Å². The van der Waals surface area contributed by atoms with E-state index in [0.29, 0.717) is 24.6 Å². The van der Waals surface area contributed by atoms with Gasteiger partial charge in [0.25, 0.3) is 0 Å². The number of phenols is 2. The van der Waals surface area contributed by atoms with Gasteiger partial charge in [0.2, 0.25) is 0 Å². The number of likely N-dealkylation sites (N-methyl/N-ethyl adjacent to an activating group) is 1. The van der Waals surface area contributed by atoms with Crippen molar-refractivity contribution >= 4 is 0 Å². The molecule has 0 unspecified atom stereocenters. The fraction of sp³-hybridized carbons (Fsp3) is 0.571. The molecule has 0 bridgehead atoms. The highest BCUT2D eigenvalue weighted by Crippen LogP contribution is 2.37. The highest BCUT2D eigenvalue weighted by Gasteiger charge is 2.24. The zero-order chi connectivity index (χ0) is 24.4. The van der Waals surface area contributed by atoms with Gasteiger partial charge in [-0.2, -0.15) is 0 Å². The van der Waals surface area contributed by atoms with E-state index in [1.807, 2.05) is 0 Å². The predicted octanol–water partition coefficient (Wildman–Crippen LogP) is 5.87. The van der Waals surface area contributed by atoms with Crippen LogP contribution in [0.2, 0.25) is 0 Å². The molecule has 2 aromatic rings. The molecule has 4 heteroatoms. The maximum absolute atomic E-state index is 11.1. The van der Waals surface area contributed by atoms with Gasteiger partial charge < -0.3 is 15.1 Å². The summed E-state index contributed by atoms with van der Waals surface area (Å²) < 4.78 is 0. The van der Waals surface area contributed by atoms with Gasteiger partial charge in [0.05, 0.1) is 0 Å². The molecule has 178 valence electrons. The summed E-state index contributed by atoms with van der Waals surface area (Å²) in [5.74, 6) is 0.781. The molecule has 0 saturated carbocycles. The van der Waals surface area contributed by atoms with Crippen molar-refractivity contribution < 1.29 is 10.2 Å². The molecule has 0 spiro atoms. The summed E-state index contributed by atoms with van der Waals surface area (Å²) in [7, 11) is 4.14. The van der Waals surface area contributed by atoms with E-state index in [2.05, 4.69) is 104 Å². The molecule has 2 aromatic carbocycles. The Morgan fingerprint density at radius 1 is 0.656 bits per heavy atom. The van der Waals surface area contributed by atoms with Crippen LogP contribution in [0.15, 0.2) is 24.3 Å². The normalized spacial score (nSPS) is 12.8. The van der Waals surface area contributed by atoms with E-state index in [0.717, 1.165) is 46.5 Å². The van der Waals surface area contributed by atoms with Crippen LogP contribution in [-0.4, -0.2) is 47.2 Å². The molecule has 2 rings (SSSR count). The second-order valence-electron chi connectivity index (χ2n) is 11.7. The fourth-order valence-electron chi connectivity index (χ4n) is 4.13. The van der Waals surface area contributed by atoms with Gasteiger partial charge in [0.15, 0.2) is 0 Å². The van der Waals surface area contributed by atoms with Crippen molar-refractivity contribution in [1.82, 2.24) is 9.80 Å². The van der Waals surface area contributed by atoms with Gasteiger partial charge >= 0.3 is 0 Å². The van der Waals surface area contributed by atoms with Crippen molar-refractivity contribution in [2.24, 2.45) is 0 Å². The number of hydrogen-bond acceptors (Lipinski definition) is 4. The second-order valence-corrected chi connectivity index (χ2v) is 11.7. The van der Waals surface area contributed by atoms with Gasteiger partial charge in [0.1, 0.15) is 11.5 Å². The summed E-state index contributed by atoms with van der Waals surface area (Å²) in [6.07, 6.45) is 0. The van der Waals surface area contributed by atoms with Crippen molar-refractivity contribution in [3.63, 3.8) is 0 Å². The van der Waals surface area contributed by atoms with E-state index in [9.17, 15) is 10.2 Å². The number of aryl methyl sites for hydroxylation is 2. The quantitative estimate of drug-likeness (QED) is 0.565. The first-order chi connectivity index (χ1) is 14.6. The lowest BCUT2D eigenvalue weighted by Gasteiger charge is -2.29. The van der Waals surface area contributed by atoms with Crippen molar-refractivity contribution in [1.29, 1.82) is 0 Å². The Hall–Kier alpha value is -2.04. The van der Waals surface area contributed by atoms with Gasteiger partial charge in [0, 0.05) is 37.3 Å². The highest BCUT2D eigenvalue weighted by molar-refractivity contribution is 5.48. The summed E-state index contributed by atoms with van der Waals surface area (Å²) in [6.45, 7) is 20.0. The molecule has 0 fully saturated rings. The summed E-state index contributed by atoms with van der Waals surface area (Å²) in [6, 6.07) is 8.35. The first-order valence-corrected chi connectivity index (χ1v) is 11.6. The van der Waals surface area contributed by atoms with Crippen LogP contribution in [-0.2, 0) is 23.9 Å². The van der Waals surface area contributed by atoms with Crippen molar-refractivity contribution in [2.45, 2.75) is 79.3 Å². The molecule has 32 heavy (non-hydrogen) atoms. The molecule has 4 nitrogen and oxygen atoms in total. The van der Waals surface area contributed by atoms with E-state index in [1.54, 1.807) is 0 Å². The molecule has 0 saturated heterocycles. The van der Waals surface area contributed by atoms with Crippen LogP contribution in [0.1, 0.15) is 74.9 Å². The van der Waals surface area contributed by atoms with Crippen LogP contribution in [0.25, 0.3) is 0 Å². The molecule has 0 amide bonds. The molecule has 0 atom stereocenters. The topological polar surface area (TPSA) is 46.9 Å². The highest BCUT2D eigenvalue weighted by atomic mass is 16.3. The zero-order valence-corrected chi connectivity index (χ0v) is 21.9. The van der Waals surface area contributed by atoms with Crippen molar-refractivity contribution in [3.05, 3.63) is 57.6 Å². The summed E-state index contributed by atoms with van der Waals surface area (Å²) in [5, 5.41) is 22.2. The van der Waals surface area contributed by atoms with Gasteiger partial charge in [-0.15, -0.1) is 0 Å². The first-order valence-electron chi connectivity index (χ1n) is 11.6. The average Bonchev–Trinajstić information content (AvgIpc) is 2.63. The smallest absolute Gasteiger partial charge is 0.123 e. The fourth-order valence-corrected chi connectivity index (χ4v) is 4.13. The first kappa shape index (κ1) is 26.2. The average molecular weight is 441 g/mol. The summed E-state index contributed by atoms with van der Waals surface area (Å²) >= 11 is 0. The Kier molecular flexibility index (Phi) is 8.06. The van der Waals surface area contributed by atoms with Crippen molar-refractivity contribution in [2.75, 3.05) is 27.2 Å². The largest absolute Gasteiger partial charge is 0.507 e. The Bertz CT molecular complexity index is 862. The SMILES string of the molecule is Cc1cc(CN(CCN(C)C)Cc2cc(C)cc(C(C)(C)C)c2O)c(O)c(C(C)(C)C)c1. The van der Waals surface area contributed by atoms with E-state index in [-0.39, 0.29) is 10.8 Å². The third-order valence-corrected chi connectivity index (χ3v) is 5.93. The minimum atomic E-state index is -0.129. The third-order valence-electron chi connectivity index (χ3n) is 5.93. The van der Waals surface area contributed by atoms with Crippen LogP contribution in [0.5, 0.6) is 11.5 Å². The van der Waals surface area contributed by atoms with Crippen LogP contribution in [0.3, 0.4) is 0 Å². The van der Waals surface area contributed by atoms with Crippen LogP contribution in [0, 0.1) is 13.8 Å². The number of hydrogen-bond donors (Lipinski definition) is 2. The van der Waals surface area contributed by atoms with E-state index >= 15 is 0 Å². The number of rotatable bonds is 7. The number of nitrogens with zero attached hydrogens (tertiary/aromatic N) is 2. The molecule has 0 aromatic heterocycles. The molecule has 0 aliphatic rings. The van der Waals surface area contributed by atoms with Gasteiger partial charge in [-0.1, -0.05) is 76.9 Å².